The molecule has 0 heterocycles. The Morgan fingerprint density at radius 2 is 1.67 bits per heavy atom. The maximum absolute atomic E-state index is 12.3. The quantitative estimate of drug-likeness (QED) is 0.397. The molecule has 0 radical (unpaired) electrons. The van der Waals surface area contributed by atoms with Crippen molar-refractivity contribution in [3.63, 3.8) is 0 Å². The van der Waals surface area contributed by atoms with Gasteiger partial charge in [0.25, 0.3) is 5.69 Å². The van der Waals surface area contributed by atoms with Crippen LogP contribution in [0.5, 0.6) is 0 Å². The molecule has 24 heavy (non-hydrogen) atoms. The van der Waals surface area contributed by atoms with Crippen LogP contribution in [-0.2, 0) is 9.84 Å². The van der Waals surface area contributed by atoms with Crippen LogP contribution in [0, 0.1) is 10.1 Å². The highest BCUT2D eigenvalue weighted by atomic mass is 32.2. The van der Waals surface area contributed by atoms with Crippen LogP contribution in [0.15, 0.2) is 53.4 Å². The van der Waals surface area contributed by atoms with Crippen molar-refractivity contribution < 1.29 is 13.3 Å². The summed E-state index contributed by atoms with van der Waals surface area (Å²) in [5, 5.41) is 10.8. The Balaban J connectivity index is 2.15. The van der Waals surface area contributed by atoms with Crippen molar-refractivity contribution in [2.24, 2.45) is 0 Å². The fourth-order valence-electron chi connectivity index (χ4n) is 2.49. The molecule has 0 aliphatic carbocycles. The summed E-state index contributed by atoms with van der Waals surface area (Å²) in [6, 6.07) is 12.8. The highest BCUT2D eigenvalue weighted by molar-refractivity contribution is 7.91. The van der Waals surface area contributed by atoms with E-state index in [0.717, 1.165) is 24.8 Å². The lowest BCUT2D eigenvalue weighted by Crippen LogP contribution is -2.06. The van der Waals surface area contributed by atoms with E-state index in [1.807, 2.05) is 0 Å². The molecule has 0 bridgehead atoms. The van der Waals surface area contributed by atoms with Crippen molar-refractivity contribution in [3.8, 4) is 11.1 Å². The molecule has 0 N–H and O–H groups in total. The fraction of sp³-hybridized carbons (Fsp3) is 0.333. The van der Waals surface area contributed by atoms with Gasteiger partial charge in [0.2, 0.25) is 0 Å². The van der Waals surface area contributed by atoms with Crippen molar-refractivity contribution in [1.29, 1.82) is 0 Å². The average Bonchev–Trinajstić information content (AvgIpc) is 2.59. The molecule has 0 aliphatic heterocycles. The van der Waals surface area contributed by atoms with Gasteiger partial charge < -0.3 is 0 Å². The molecular weight excluding hydrogens is 326 g/mol. The van der Waals surface area contributed by atoms with Gasteiger partial charge in [0.15, 0.2) is 9.84 Å². The van der Waals surface area contributed by atoms with Crippen LogP contribution in [0.2, 0.25) is 0 Å². The standard InChI is InChI=1S/C18H21NO4S/c1-2-3-4-5-13-24(22,23)18-11-9-15(10-12-18)16-7-6-8-17(14-16)19(20)21/h6-12,14H,2-5,13H2,1H3. The van der Waals surface area contributed by atoms with E-state index in [2.05, 4.69) is 6.92 Å². The van der Waals surface area contributed by atoms with Gasteiger partial charge in [0.05, 0.1) is 15.6 Å². The third-order valence-electron chi connectivity index (χ3n) is 3.87. The van der Waals surface area contributed by atoms with Crippen LogP contribution < -0.4 is 0 Å². The molecule has 0 amide bonds. The molecule has 2 rings (SSSR count). The normalized spacial score (nSPS) is 11.4. The van der Waals surface area contributed by atoms with E-state index in [9.17, 15) is 18.5 Å². The molecule has 2 aromatic rings. The Morgan fingerprint density at radius 1 is 0.958 bits per heavy atom. The maximum atomic E-state index is 12.3. The zero-order valence-corrected chi connectivity index (χ0v) is 14.5. The van der Waals surface area contributed by atoms with Gasteiger partial charge >= 0.3 is 0 Å². The molecule has 0 fully saturated rings. The Hall–Kier alpha value is -2.21. The SMILES string of the molecule is CCCCCCS(=O)(=O)c1ccc(-c2cccc([N+](=O)[O-])c2)cc1. The Morgan fingerprint density at radius 3 is 2.29 bits per heavy atom. The Bertz CT molecular complexity index is 798. The first kappa shape index (κ1) is 18.1. The molecular formula is C18H21NO4S. The summed E-state index contributed by atoms with van der Waals surface area (Å²) in [5.41, 5.74) is 1.46. The molecule has 0 unspecified atom stereocenters. The van der Waals surface area contributed by atoms with E-state index in [1.165, 1.54) is 12.1 Å². The number of unbranched alkanes of at least 4 members (excludes halogenated alkanes) is 3. The molecule has 0 atom stereocenters. The molecule has 128 valence electrons. The zero-order chi connectivity index (χ0) is 17.6. The van der Waals surface area contributed by atoms with E-state index < -0.39 is 14.8 Å². The van der Waals surface area contributed by atoms with Gasteiger partial charge in [0.1, 0.15) is 0 Å². The second-order valence-corrected chi connectivity index (χ2v) is 7.82. The topological polar surface area (TPSA) is 77.3 Å². The van der Waals surface area contributed by atoms with E-state index in [0.29, 0.717) is 16.9 Å². The Labute approximate surface area is 142 Å². The van der Waals surface area contributed by atoms with Crippen LogP contribution >= 0.6 is 0 Å². The van der Waals surface area contributed by atoms with E-state index in [-0.39, 0.29) is 11.4 Å². The van der Waals surface area contributed by atoms with Crippen molar-refractivity contribution in [2.75, 3.05) is 5.75 Å². The Kier molecular flexibility index (Phi) is 6.09. The van der Waals surface area contributed by atoms with Crippen molar-refractivity contribution >= 4 is 15.5 Å². The van der Waals surface area contributed by atoms with Crippen molar-refractivity contribution in [3.05, 3.63) is 58.6 Å². The number of sulfone groups is 1. The summed E-state index contributed by atoms with van der Waals surface area (Å²) in [6.45, 7) is 2.08. The van der Waals surface area contributed by atoms with Gasteiger partial charge in [-0.1, -0.05) is 50.5 Å². The molecule has 0 saturated carbocycles. The molecule has 0 aromatic heterocycles. The summed E-state index contributed by atoms with van der Waals surface area (Å²) < 4.78 is 24.6. The lowest BCUT2D eigenvalue weighted by Gasteiger charge is -2.06. The number of nitrogens with zero attached hydrogens (tertiary/aromatic N) is 1. The summed E-state index contributed by atoms with van der Waals surface area (Å²) >= 11 is 0. The van der Waals surface area contributed by atoms with E-state index in [1.54, 1.807) is 36.4 Å². The van der Waals surface area contributed by atoms with Crippen molar-refractivity contribution in [1.82, 2.24) is 0 Å². The molecule has 0 spiro atoms. The highest BCUT2D eigenvalue weighted by Gasteiger charge is 2.14. The van der Waals surface area contributed by atoms with Gasteiger partial charge in [-0.15, -0.1) is 0 Å². The summed E-state index contributed by atoms with van der Waals surface area (Å²) in [5.74, 6) is 0.156. The zero-order valence-electron chi connectivity index (χ0n) is 13.6. The minimum atomic E-state index is -3.27. The van der Waals surface area contributed by atoms with Crippen LogP contribution in [0.1, 0.15) is 32.6 Å². The number of hydrogen-bond donors (Lipinski definition) is 0. The van der Waals surface area contributed by atoms with Gasteiger partial charge in [-0.3, -0.25) is 10.1 Å². The van der Waals surface area contributed by atoms with Gasteiger partial charge in [-0.05, 0) is 29.7 Å². The van der Waals surface area contributed by atoms with Gasteiger partial charge in [-0.2, -0.15) is 0 Å². The number of hydrogen-bond acceptors (Lipinski definition) is 4. The van der Waals surface area contributed by atoms with Crippen LogP contribution in [0.4, 0.5) is 5.69 Å². The number of benzene rings is 2. The molecule has 6 heteroatoms. The predicted molar refractivity (Wildman–Crippen MR) is 94.7 cm³/mol. The third-order valence-corrected chi connectivity index (χ3v) is 5.69. The second kappa shape index (κ2) is 8.06. The fourth-order valence-corrected chi connectivity index (χ4v) is 3.86. The smallest absolute Gasteiger partial charge is 0.258 e. The summed E-state index contributed by atoms with van der Waals surface area (Å²) in [4.78, 5) is 10.7. The number of nitro groups is 1. The van der Waals surface area contributed by atoms with Gasteiger partial charge in [-0.25, -0.2) is 8.42 Å². The highest BCUT2D eigenvalue weighted by Crippen LogP contribution is 2.25. The van der Waals surface area contributed by atoms with Crippen molar-refractivity contribution in [2.45, 2.75) is 37.5 Å². The number of non-ortho nitro benzene ring substituents is 1. The maximum Gasteiger partial charge on any atom is 0.270 e. The lowest BCUT2D eigenvalue weighted by molar-refractivity contribution is -0.384. The first-order valence-corrected chi connectivity index (χ1v) is 9.67. The molecule has 2 aromatic carbocycles. The largest absolute Gasteiger partial charge is 0.270 e. The summed E-state index contributed by atoms with van der Waals surface area (Å²) in [7, 11) is -3.27. The molecule has 5 nitrogen and oxygen atoms in total. The number of nitro benzene ring substituents is 1. The molecule has 0 saturated heterocycles. The first-order chi connectivity index (χ1) is 11.4. The minimum Gasteiger partial charge on any atom is -0.258 e. The van der Waals surface area contributed by atoms with E-state index in [4.69, 9.17) is 0 Å². The second-order valence-electron chi connectivity index (χ2n) is 5.71. The van der Waals surface area contributed by atoms with Gasteiger partial charge in [0, 0.05) is 12.1 Å². The van der Waals surface area contributed by atoms with Crippen LogP contribution in [-0.4, -0.2) is 19.1 Å². The predicted octanol–water partition coefficient (Wildman–Crippen LogP) is 4.62. The summed E-state index contributed by atoms with van der Waals surface area (Å²) in [6.07, 6.45) is 3.70. The number of rotatable bonds is 8. The molecule has 0 aliphatic rings. The monoisotopic (exact) mass is 347 g/mol. The van der Waals surface area contributed by atoms with Crippen LogP contribution in [0.3, 0.4) is 0 Å². The van der Waals surface area contributed by atoms with Crippen LogP contribution in [0.25, 0.3) is 11.1 Å². The lowest BCUT2D eigenvalue weighted by atomic mass is 10.1. The van der Waals surface area contributed by atoms with E-state index >= 15 is 0 Å². The minimum absolute atomic E-state index is 0.0140. The third kappa shape index (κ3) is 4.64. The first-order valence-electron chi connectivity index (χ1n) is 8.01. The average molecular weight is 347 g/mol.